The van der Waals surface area contributed by atoms with Crippen molar-refractivity contribution in [1.29, 1.82) is 0 Å². The molecule has 2 aromatic rings. The van der Waals surface area contributed by atoms with E-state index in [0.717, 1.165) is 5.01 Å². The zero-order valence-electron chi connectivity index (χ0n) is 11.6. The number of hydrazine groups is 1. The number of aromatic hydroxyl groups is 1. The van der Waals surface area contributed by atoms with Crippen LogP contribution >= 0.6 is 15.9 Å². The molecule has 5 nitrogen and oxygen atoms in total. The molecule has 2 N–H and O–H groups in total. The number of nitrogens with zero attached hydrogens (tertiary/aromatic N) is 1. The smallest absolute Gasteiger partial charge is 0.282 e. The summed E-state index contributed by atoms with van der Waals surface area (Å²) < 4.78 is 13.6. The molecule has 116 valence electrons. The molecule has 1 saturated heterocycles. The Hall–Kier alpha value is -2.67. The van der Waals surface area contributed by atoms with Gasteiger partial charge in [-0.2, -0.15) is 0 Å². The van der Waals surface area contributed by atoms with Crippen molar-refractivity contribution in [3.05, 3.63) is 63.9 Å². The molecule has 1 heterocycles. The first-order valence-corrected chi connectivity index (χ1v) is 7.36. The third kappa shape index (κ3) is 2.95. The van der Waals surface area contributed by atoms with E-state index in [1.54, 1.807) is 6.07 Å². The molecule has 0 aromatic heterocycles. The van der Waals surface area contributed by atoms with Gasteiger partial charge in [0.2, 0.25) is 0 Å². The topological polar surface area (TPSA) is 69.6 Å². The van der Waals surface area contributed by atoms with Crippen LogP contribution in [0.15, 0.2) is 52.5 Å². The Balaban J connectivity index is 1.97. The van der Waals surface area contributed by atoms with Gasteiger partial charge in [-0.15, -0.1) is 0 Å². The lowest BCUT2D eigenvalue weighted by atomic mass is 10.1. The Kier molecular flexibility index (Phi) is 3.87. The third-order valence-electron chi connectivity index (χ3n) is 3.26. The van der Waals surface area contributed by atoms with Gasteiger partial charge in [-0.3, -0.25) is 15.0 Å². The molecule has 0 unspecified atom stereocenters. The van der Waals surface area contributed by atoms with E-state index in [-0.39, 0.29) is 11.3 Å². The monoisotopic (exact) mass is 376 g/mol. The summed E-state index contributed by atoms with van der Waals surface area (Å²) >= 11 is 3.29. The number of amides is 2. The van der Waals surface area contributed by atoms with E-state index in [2.05, 4.69) is 21.4 Å². The van der Waals surface area contributed by atoms with Crippen LogP contribution < -0.4 is 10.4 Å². The second-order valence-corrected chi connectivity index (χ2v) is 5.68. The Morgan fingerprint density at radius 1 is 1.13 bits per heavy atom. The number of carbonyl (C=O) groups is 2. The van der Waals surface area contributed by atoms with Gasteiger partial charge in [0.1, 0.15) is 17.1 Å². The molecule has 0 atom stereocenters. The van der Waals surface area contributed by atoms with Crippen molar-refractivity contribution in [2.75, 3.05) is 5.01 Å². The molecule has 0 radical (unpaired) electrons. The molecular weight excluding hydrogens is 367 g/mol. The van der Waals surface area contributed by atoms with Crippen molar-refractivity contribution >= 4 is 39.5 Å². The average Bonchev–Trinajstić information content (AvgIpc) is 2.80. The summed E-state index contributed by atoms with van der Waals surface area (Å²) in [7, 11) is 0. The van der Waals surface area contributed by atoms with Gasteiger partial charge in [0.15, 0.2) is 0 Å². The van der Waals surface area contributed by atoms with Crippen molar-refractivity contribution < 1.29 is 19.1 Å². The summed E-state index contributed by atoms with van der Waals surface area (Å²) in [5.74, 6) is -1.56. The number of phenols is 1. The van der Waals surface area contributed by atoms with Crippen LogP contribution in [0.3, 0.4) is 0 Å². The minimum atomic E-state index is -0.574. The molecule has 3 rings (SSSR count). The summed E-state index contributed by atoms with van der Waals surface area (Å²) in [6, 6.07) is 9.69. The number of anilines is 1. The van der Waals surface area contributed by atoms with E-state index in [1.807, 2.05) is 0 Å². The van der Waals surface area contributed by atoms with Crippen LogP contribution in [0.25, 0.3) is 6.08 Å². The van der Waals surface area contributed by atoms with Gasteiger partial charge in [-0.05, 0) is 54.1 Å². The fourth-order valence-corrected chi connectivity index (χ4v) is 2.49. The molecule has 1 fully saturated rings. The second-order valence-electron chi connectivity index (χ2n) is 4.82. The highest BCUT2D eigenvalue weighted by Gasteiger charge is 2.34. The largest absolute Gasteiger partial charge is 0.508 e. The molecule has 0 bridgehead atoms. The van der Waals surface area contributed by atoms with E-state index >= 15 is 0 Å². The Morgan fingerprint density at radius 2 is 1.83 bits per heavy atom. The van der Waals surface area contributed by atoms with Crippen molar-refractivity contribution in [3.63, 3.8) is 0 Å². The van der Waals surface area contributed by atoms with E-state index in [9.17, 15) is 19.1 Å². The number of carbonyl (C=O) groups excluding carboxylic acids is 2. The molecule has 23 heavy (non-hydrogen) atoms. The Labute approximate surface area is 139 Å². The minimum absolute atomic E-state index is 0.0151. The first-order chi connectivity index (χ1) is 11.0. The molecule has 0 aliphatic carbocycles. The number of nitrogens with one attached hydrogen (secondary N) is 1. The van der Waals surface area contributed by atoms with E-state index < -0.39 is 17.6 Å². The molecule has 1 aliphatic rings. The summed E-state index contributed by atoms with van der Waals surface area (Å²) in [5, 5.41) is 10.6. The van der Waals surface area contributed by atoms with Gasteiger partial charge in [0, 0.05) is 4.47 Å². The first kappa shape index (κ1) is 15.2. The van der Waals surface area contributed by atoms with E-state index in [1.165, 1.54) is 42.5 Å². The van der Waals surface area contributed by atoms with Crippen LogP contribution in [0.4, 0.5) is 10.1 Å². The highest BCUT2D eigenvalue weighted by atomic mass is 79.9. The molecule has 0 saturated carbocycles. The van der Waals surface area contributed by atoms with Gasteiger partial charge in [-0.25, -0.2) is 9.40 Å². The summed E-state index contributed by atoms with van der Waals surface area (Å²) in [6.45, 7) is 0. The van der Waals surface area contributed by atoms with Crippen molar-refractivity contribution in [3.8, 4) is 5.75 Å². The minimum Gasteiger partial charge on any atom is -0.508 e. The van der Waals surface area contributed by atoms with E-state index in [0.29, 0.717) is 15.7 Å². The maximum absolute atomic E-state index is 13.0. The van der Waals surface area contributed by atoms with Crippen LogP contribution in [0.5, 0.6) is 5.75 Å². The lowest BCUT2D eigenvalue weighted by molar-refractivity contribution is -0.117. The first-order valence-electron chi connectivity index (χ1n) is 6.57. The predicted octanol–water partition coefficient (Wildman–Crippen LogP) is 2.76. The number of rotatable bonds is 2. The van der Waals surface area contributed by atoms with Crippen LogP contribution in [0, 0.1) is 5.82 Å². The molecule has 0 spiro atoms. The second kappa shape index (κ2) is 5.85. The van der Waals surface area contributed by atoms with Gasteiger partial charge in [-0.1, -0.05) is 15.9 Å². The maximum Gasteiger partial charge on any atom is 0.282 e. The van der Waals surface area contributed by atoms with Crippen molar-refractivity contribution in [1.82, 2.24) is 5.43 Å². The summed E-state index contributed by atoms with van der Waals surface area (Å²) in [6.07, 6.45) is 1.38. The van der Waals surface area contributed by atoms with Crippen molar-refractivity contribution in [2.45, 2.75) is 0 Å². The predicted molar refractivity (Wildman–Crippen MR) is 85.8 cm³/mol. The van der Waals surface area contributed by atoms with Crippen LogP contribution in [-0.4, -0.2) is 16.9 Å². The van der Waals surface area contributed by atoms with Crippen LogP contribution in [0.2, 0.25) is 0 Å². The van der Waals surface area contributed by atoms with Crippen LogP contribution in [0.1, 0.15) is 5.56 Å². The SMILES string of the molecule is O=C1NN(c2ccc(F)cc2)C(=O)C1=Cc1cc(O)ccc1Br. The normalized spacial score (nSPS) is 16.1. The Morgan fingerprint density at radius 3 is 2.52 bits per heavy atom. The standard InChI is InChI=1S/C16H10BrFN2O3/c17-14-6-5-12(21)7-9(14)8-13-15(22)19-20(16(13)23)11-3-1-10(18)2-4-11/h1-8,21H,(H,19,22). The molecule has 2 aromatic carbocycles. The fourth-order valence-electron chi connectivity index (χ4n) is 2.13. The van der Waals surface area contributed by atoms with Gasteiger partial charge in [0.25, 0.3) is 11.8 Å². The van der Waals surface area contributed by atoms with Gasteiger partial charge in [0.05, 0.1) is 5.69 Å². The number of phenolic OH excluding ortho intramolecular Hbond substituents is 1. The lowest BCUT2D eigenvalue weighted by Crippen LogP contribution is -2.35. The Bertz CT molecular complexity index is 834. The zero-order valence-corrected chi connectivity index (χ0v) is 13.2. The lowest BCUT2D eigenvalue weighted by Gasteiger charge is -2.14. The molecular formula is C16H10BrFN2O3. The number of halogens is 2. The summed E-state index contributed by atoms with van der Waals surface area (Å²) in [5.41, 5.74) is 3.18. The van der Waals surface area contributed by atoms with Crippen molar-refractivity contribution in [2.24, 2.45) is 0 Å². The quantitative estimate of drug-likeness (QED) is 0.625. The maximum atomic E-state index is 13.0. The fraction of sp³-hybridized carbons (Fsp3) is 0. The molecule has 1 aliphatic heterocycles. The molecule has 2 amide bonds. The highest BCUT2D eigenvalue weighted by Crippen LogP contribution is 2.27. The number of hydrogen-bond acceptors (Lipinski definition) is 3. The highest BCUT2D eigenvalue weighted by molar-refractivity contribution is 9.10. The third-order valence-corrected chi connectivity index (χ3v) is 3.98. The van der Waals surface area contributed by atoms with Gasteiger partial charge < -0.3 is 5.11 Å². The van der Waals surface area contributed by atoms with E-state index in [4.69, 9.17) is 0 Å². The van der Waals surface area contributed by atoms with Crippen LogP contribution in [-0.2, 0) is 9.59 Å². The van der Waals surface area contributed by atoms with Gasteiger partial charge >= 0.3 is 0 Å². The zero-order chi connectivity index (χ0) is 16.6. The number of benzene rings is 2. The number of hydrogen-bond donors (Lipinski definition) is 2. The summed E-state index contributed by atoms with van der Waals surface area (Å²) in [4.78, 5) is 24.4. The molecule has 7 heteroatoms. The average molecular weight is 377 g/mol.